The molecular weight excluding hydrogens is 448 g/mol. The summed E-state index contributed by atoms with van der Waals surface area (Å²) in [6.45, 7) is -0.0712. The summed E-state index contributed by atoms with van der Waals surface area (Å²) in [6.07, 6.45) is 3.42. The Bertz CT molecular complexity index is 1250. The Morgan fingerprint density at radius 3 is 2.53 bits per heavy atom. The molecule has 0 bridgehead atoms. The molecule has 7 nitrogen and oxygen atoms in total. The highest BCUT2D eigenvalue weighted by Gasteiger charge is 2.42. The van der Waals surface area contributed by atoms with Gasteiger partial charge in [-0.1, -0.05) is 24.3 Å². The van der Waals surface area contributed by atoms with E-state index in [0.717, 1.165) is 17.1 Å². The van der Waals surface area contributed by atoms with E-state index in [-0.39, 0.29) is 24.6 Å². The van der Waals surface area contributed by atoms with E-state index in [1.165, 1.54) is 0 Å². The monoisotopic (exact) mass is 470 g/mol. The average molecular weight is 471 g/mol. The van der Waals surface area contributed by atoms with E-state index < -0.39 is 0 Å². The third kappa shape index (κ3) is 4.62. The zero-order valence-corrected chi connectivity index (χ0v) is 18.9. The normalized spacial score (nSPS) is 17.3. The lowest BCUT2D eigenvalue weighted by atomic mass is 10.0. The van der Waals surface area contributed by atoms with Crippen LogP contribution in [0.1, 0.15) is 23.5 Å². The fourth-order valence-corrected chi connectivity index (χ4v) is 4.30. The summed E-state index contributed by atoms with van der Waals surface area (Å²) in [5.41, 5.74) is 2.41. The number of thiocarbonyl (C=S) groups is 1. The topological polar surface area (TPSA) is 79.6 Å². The second-order valence-electron chi connectivity index (χ2n) is 7.71. The van der Waals surface area contributed by atoms with Gasteiger partial charge in [0.05, 0.1) is 18.0 Å². The van der Waals surface area contributed by atoms with Gasteiger partial charge in [0, 0.05) is 17.6 Å². The second-order valence-corrected chi connectivity index (χ2v) is 8.10. The van der Waals surface area contributed by atoms with Crippen molar-refractivity contribution in [3.8, 4) is 5.75 Å². The molecule has 0 aliphatic carbocycles. The van der Waals surface area contributed by atoms with Gasteiger partial charge in [0.2, 0.25) is 0 Å². The molecule has 1 aliphatic heterocycles. The van der Waals surface area contributed by atoms with E-state index in [2.05, 4.69) is 15.6 Å². The maximum Gasteiger partial charge on any atom is 0.262 e. The van der Waals surface area contributed by atoms with Crippen molar-refractivity contribution >= 4 is 34.6 Å². The van der Waals surface area contributed by atoms with Gasteiger partial charge in [0.1, 0.15) is 17.6 Å². The quantitative estimate of drug-likeness (QED) is 0.373. The SMILES string of the molecule is O=C(COc1ccccc1)Nc1ccc(N2C(=S)NC(c3ccccn3)C2c2ccco2)cc1. The van der Waals surface area contributed by atoms with E-state index in [1.807, 2.05) is 89.8 Å². The molecule has 0 spiro atoms. The Hall–Kier alpha value is -4.17. The summed E-state index contributed by atoms with van der Waals surface area (Å²) in [4.78, 5) is 18.8. The Kier molecular flexibility index (Phi) is 6.22. The molecule has 170 valence electrons. The van der Waals surface area contributed by atoms with Gasteiger partial charge < -0.3 is 24.7 Å². The van der Waals surface area contributed by atoms with Gasteiger partial charge >= 0.3 is 0 Å². The predicted molar refractivity (Wildman–Crippen MR) is 134 cm³/mol. The number of rotatable bonds is 7. The molecule has 8 heteroatoms. The van der Waals surface area contributed by atoms with Crippen molar-refractivity contribution in [1.29, 1.82) is 0 Å². The minimum absolute atomic E-state index is 0.0712. The van der Waals surface area contributed by atoms with Crippen LogP contribution in [0.25, 0.3) is 0 Å². The van der Waals surface area contributed by atoms with Crippen molar-refractivity contribution < 1.29 is 13.9 Å². The van der Waals surface area contributed by atoms with Crippen molar-refractivity contribution in [2.45, 2.75) is 12.1 Å². The molecule has 1 amide bonds. The highest BCUT2D eigenvalue weighted by atomic mass is 32.1. The largest absolute Gasteiger partial charge is 0.484 e. The first kappa shape index (κ1) is 21.7. The number of amides is 1. The smallest absolute Gasteiger partial charge is 0.262 e. The van der Waals surface area contributed by atoms with Gasteiger partial charge in [0.15, 0.2) is 11.7 Å². The molecule has 2 aromatic carbocycles. The fourth-order valence-electron chi connectivity index (χ4n) is 3.95. The van der Waals surface area contributed by atoms with Crippen LogP contribution in [0.5, 0.6) is 5.75 Å². The van der Waals surface area contributed by atoms with Crippen LogP contribution < -0.4 is 20.3 Å². The number of anilines is 2. The third-order valence-corrected chi connectivity index (χ3v) is 5.79. The summed E-state index contributed by atoms with van der Waals surface area (Å²) in [5.74, 6) is 1.19. The summed E-state index contributed by atoms with van der Waals surface area (Å²) in [5, 5.41) is 6.81. The molecule has 2 unspecified atom stereocenters. The highest BCUT2D eigenvalue weighted by molar-refractivity contribution is 7.80. The number of aromatic nitrogens is 1. The first-order valence-electron chi connectivity index (χ1n) is 10.8. The number of carbonyl (C=O) groups is 1. The molecule has 1 saturated heterocycles. The molecule has 4 aromatic rings. The van der Waals surface area contributed by atoms with E-state index in [4.69, 9.17) is 21.4 Å². The molecule has 3 heterocycles. The number of hydrogen-bond acceptors (Lipinski definition) is 5. The Balaban J connectivity index is 1.32. The molecule has 0 saturated carbocycles. The number of ether oxygens (including phenoxy) is 1. The second kappa shape index (κ2) is 9.76. The lowest BCUT2D eigenvalue weighted by Gasteiger charge is -2.26. The lowest BCUT2D eigenvalue weighted by Crippen LogP contribution is -2.29. The molecule has 2 N–H and O–H groups in total. The molecule has 1 fully saturated rings. The van der Waals surface area contributed by atoms with Crippen molar-refractivity contribution in [2.24, 2.45) is 0 Å². The highest BCUT2D eigenvalue weighted by Crippen LogP contribution is 2.41. The number of hydrogen-bond donors (Lipinski definition) is 2. The number of benzene rings is 2. The number of nitrogens with zero attached hydrogens (tertiary/aromatic N) is 2. The van der Waals surface area contributed by atoms with Crippen LogP contribution in [0.15, 0.2) is 102 Å². The number of furan rings is 1. The van der Waals surface area contributed by atoms with E-state index in [0.29, 0.717) is 16.5 Å². The molecule has 34 heavy (non-hydrogen) atoms. The van der Waals surface area contributed by atoms with Gasteiger partial charge in [-0.25, -0.2) is 0 Å². The molecule has 2 atom stereocenters. The molecular formula is C26H22N4O3S. The first-order valence-corrected chi connectivity index (χ1v) is 11.2. The van der Waals surface area contributed by atoms with Crippen molar-refractivity contribution in [1.82, 2.24) is 10.3 Å². The van der Waals surface area contributed by atoms with Crippen LogP contribution in [-0.2, 0) is 4.79 Å². The number of carbonyl (C=O) groups excluding carboxylic acids is 1. The van der Waals surface area contributed by atoms with Crippen LogP contribution >= 0.6 is 12.2 Å². The molecule has 2 aromatic heterocycles. The Morgan fingerprint density at radius 1 is 1.03 bits per heavy atom. The maximum atomic E-state index is 12.3. The summed E-state index contributed by atoms with van der Waals surface area (Å²) >= 11 is 5.69. The van der Waals surface area contributed by atoms with Crippen molar-refractivity contribution in [3.63, 3.8) is 0 Å². The Morgan fingerprint density at radius 2 is 1.82 bits per heavy atom. The molecule has 5 rings (SSSR count). The summed E-state index contributed by atoms with van der Waals surface area (Å²) < 4.78 is 11.3. The first-order chi connectivity index (χ1) is 16.7. The van der Waals surface area contributed by atoms with Gasteiger partial charge in [-0.3, -0.25) is 9.78 Å². The van der Waals surface area contributed by atoms with Crippen LogP contribution in [0.3, 0.4) is 0 Å². The van der Waals surface area contributed by atoms with E-state index in [9.17, 15) is 4.79 Å². The third-order valence-electron chi connectivity index (χ3n) is 5.48. The minimum atomic E-state index is -0.237. The standard InChI is InChI=1S/C26H22N4O3S/c31-23(17-33-20-7-2-1-3-8-20)28-18-11-13-19(14-12-18)30-25(22-10-6-16-32-22)24(29-26(30)34)21-9-4-5-15-27-21/h1-16,24-25H,17H2,(H,28,31)(H,29,34). The Labute approximate surface area is 202 Å². The summed E-state index contributed by atoms with van der Waals surface area (Å²) in [7, 11) is 0. The molecule has 1 aliphatic rings. The van der Waals surface area contributed by atoms with Gasteiger partial charge in [-0.2, -0.15) is 0 Å². The van der Waals surface area contributed by atoms with Gasteiger partial charge in [-0.05, 0) is 72.9 Å². The minimum Gasteiger partial charge on any atom is -0.484 e. The zero-order chi connectivity index (χ0) is 23.3. The fraction of sp³-hybridized carbons (Fsp3) is 0.115. The van der Waals surface area contributed by atoms with Crippen molar-refractivity contribution in [3.05, 3.63) is 109 Å². The van der Waals surface area contributed by atoms with E-state index in [1.54, 1.807) is 12.5 Å². The van der Waals surface area contributed by atoms with E-state index >= 15 is 0 Å². The van der Waals surface area contributed by atoms with Crippen LogP contribution in [-0.4, -0.2) is 22.6 Å². The number of pyridine rings is 1. The average Bonchev–Trinajstić information content (AvgIpc) is 3.52. The number of para-hydroxylation sites is 1. The van der Waals surface area contributed by atoms with Gasteiger partial charge in [0.25, 0.3) is 5.91 Å². The zero-order valence-electron chi connectivity index (χ0n) is 18.1. The number of nitrogens with one attached hydrogen (secondary N) is 2. The van der Waals surface area contributed by atoms with Gasteiger partial charge in [-0.15, -0.1) is 0 Å². The van der Waals surface area contributed by atoms with Crippen LogP contribution in [0, 0.1) is 0 Å². The van der Waals surface area contributed by atoms with Crippen LogP contribution in [0.2, 0.25) is 0 Å². The van der Waals surface area contributed by atoms with Crippen LogP contribution in [0.4, 0.5) is 11.4 Å². The summed E-state index contributed by atoms with van der Waals surface area (Å²) in [6, 6.07) is 26.0. The molecule has 0 radical (unpaired) electrons. The lowest BCUT2D eigenvalue weighted by molar-refractivity contribution is -0.118. The van der Waals surface area contributed by atoms with Crippen molar-refractivity contribution in [2.75, 3.05) is 16.8 Å². The maximum absolute atomic E-state index is 12.3. The predicted octanol–water partition coefficient (Wildman–Crippen LogP) is 4.87.